The highest BCUT2D eigenvalue weighted by molar-refractivity contribution is 7.98. The molecule has 0 aliphatic rings. The Bertz CT molecular complexity index is 1500. The highest BCUT2D eigenvalue weighted by Gasteiger charge is 2.23. The molecule has 4 aromatic rings. The van der Waals surface area contributed by atoms with Crippen LogP contribution in [0.4, 0.5) is 4.39 Å². The molecule has 11 heteroatoms. The quantitative estimate of drug-likeness (QED) is 0.250. The minimum absolute atomic E-state index is 0.113. The van der Waals surface area contributed by atoms with Crippen molar-refractivity contribution in [3.8, 4) is 5.69 Å². The molecular formula is C25H23Cl2FN4O2S2. The van der Waals surface area contributed by atoms with Gasteiger partial charge in [0.1, 0.15) is 5.82 Å². The van der Waals surface area contributed by atoms with Gasteiger partial charge in [0, 0.05) is 10.8 Å². The first kappa shape index (κ1) is 26.6. The average Bonchev–Trinajstić information content (AvgIpc) is 3.19. The molecule has 0 spiro atoms. The molecule has 188 valence electrons. The van der Waals surface area contributed by atoms with Gasteiger partial charge in [0.2, 0.25) is 10.0 Å². The molecule has 0 fully saturated rings. The Hall–Kier alpha value is -2.43. The van der Waals surface area contributed by atoms with Crippen molar-refractivity contribution >= 4 is 45.0 Å². The van der Waals surface area contributed by atoms with Gasteiger partial charge in [-0.1, -0.05) is 64.8 Å². The lowest BCUT2D eigenvalue weighted by Gasteiger charge is -2.15. The zero-order valence-electron chi connectivity index (χ0n) is 19.7. The third kappa shape index (κ3) is 5.92. The van der Waals surface area contributed by atoms with Gasteiger partial charge >= 0.3 is 0 Å². The summed E-state index contributed by atoms with van der Waals surface area (Å²) in [4.78, 5) is 0.245. The SMILES string of the molecule is Cc1cc(C)c(S(=O)(=O)NCc2nnc(SCc3ccc(F)cc3)n2-c2ccc(Cl)cc2Cl)c(C)c1. The van der Waals surface area contributed by atoms with Crippen LogP contribution < -0.4 is 4.72 Å². The molecule has 0 amide bonds. The van der Waals surface area contributed by atoms with Crippen molar-refractivity contribution in [3.05, 3.63) is 98.5 Å². The Morgan fingerprint density at radius 3 is 2.28 bits per heavy atom. The summed E-state index contributed by atoms with van der Waals surface area (Å²) in [6, 6.07) is 14.9. The number of hydrogen-bond donors (Lipinski definition) is 1. The molecule has 0 aliphatic carbocycles. The minimum atomic E-state index is -3.83. The molecule has 0 bridgehead atoms. The first-order valence-electron chi connectivity index (χ1n) is 10.9. The summed E-state index contributed by atoms with van der Waals surface area (Å²) in [6.45, 7) is 5.36. The minimum Gasteiger partial charge on any atom is -0.271 e. The maximum atomic E-state index is 13.3. The summed E-state index contributed by atoms with van der Waals surface area (Å²) in [5.41, 5.74) is 3.77. The summed E-state index contributed by atoms with van der Waals surface area (Å²) in [5.74, 6) is 0.539. The van der Waals surface area contributed by atoms with Gasteiger partial charge in [-0.3, -0.25) is 4.57 Å². The fourth-order valence-electron chi connectivity index (χ4n) is 3.96. The van der Waals surface area contributed by atoms with Crippen LogP contribution >= 0.6 is 35.0 Å². The predicted molar refractivity (Wildman–Crippen MR) is 142 cm³/mol. The number of aryl methyl sites for hydroxylation is 3. The molecule has 0 atom stereocenters. The van der Waals surface area contributed by atoms with Gasteiger partial charge < -0.3 is 0 Å². The molecule has 6 nitrogen and oxygen atoms in total. The van der Waals surface area contributed by atoms with Crippen molar-refractivity contribution in [2.24, 2.45) is 0 Å². The van der Waals surface area contributed by atoms with Crippen LogP contribution in [0, 0.1) is 26.6 Å². The first-order valence-corrected chi connectivity index (χ1v) is 14.1. The molecule has 1 N–H and O–H groups in total. The monoisotopic (exact) mass is 564 g/mol. The van der Waals surface area contributed by atoms with Crippen molar-refractivity contribution in [2.75, 3.05) is 0 Å². The van der Waals surface area contributed by atoms with Crippen molar-refractivity contribution in [1.29, 1.82) is 0 Å². The molecule has 1 heterocycles. The van der Waals surface area contributed by atoms with E-state index >= 15 is 0 Å². The number of rotatable bonds is 8. The average molecular weight is 566 g/mol. The summed E-state index contributed by atoms with van der Waals surface area (Å²) in [7, 11) is -3.83. The zero-order chi connectivity index (χ0) is 26.0. The lowest BCUT2D eigenvalue weighted by molar-refractivity contribution is 0.577. The fourth-order valence-corrected chi connectivity index (χ4v) is 6.81. The lowest BCUT2D eigenvalue weighted by Crippen LogP contribution is -2.26. The number of aromatic nitrogens is 3. The highest BCUT2D eigenvalue weighted by Crippen LogP contribution is 2.31. The largest absolute Gasteiger partial charge is 0.271 e. The summed E-state index contributed by atoms with van der Waals surface area (Å²) < 4.78 is 44.1. The number of nitrogens with zero attached hydrogens (tertiary/aromatic N) is 3. The Labute approximate surface area is 223 Å². The molecule has 36 heavy (non-hydrogen) atoms. The third-order valence-electron chi connectivity index (χ3n) is 5.43. The van der Waals surface area contributed by atoms with Crippen LogP contribution in [0.25, 0.3) is 5.69 Å². The van der Waals surface area contributed by atoms with Gasteiger partial charge in [0.05, 0.1) is 22.2 Å². The Morgan fingerprint density at radius 2 is 1.64 bits per heavy atom. The third-order valence-corrected chi connectivity index (χ3v) is 8.67. The normalized spacial score (nSPS) is 11.7. The highest BCUT2D eigenvalue weighted by atomic mass is 35.5. The lowest BCUT2D eigenvalue weighted by atomic mass is 10.1. The Morgan fingerprint density at radius 1 is 0.972 bits per heavy atom. The summed E-state index contributed by atoms with van der Waals surface area (Å²) in [5, 5.41) is 9.86. The summed E-state index contributed by atoms with van der Waals surface area (Å²) in [6.07, 6.45) is 0. The van der Waals surface area contributed by atoms with E-state index in [0.29, 0.717) is 43.6 Å². The van der Waals surface area contributed by atoms with Crippen molar-refractivity contribution in [3.63, 3.8) is 0 Å². The van der Waals surface area contributed by atoms with Crippen LogP contribution in [0.1, 0.15) is 28.1 Å². The predicted octanol–water partition coefficient (Wildman–Crippen LogP) is 6.41. The van der Waals surface area contributed by atoms with Crippen LogP contribution in [0.15, 0.2) is 64.6 Å². The maximum absolute atomic E-state index is 13.3. The van der Waals surface area contributed by atoms with Gasteiger partial charge in [0.15, 0.2) is 11.0 Å². The Kier molecular flexibility index (Phi) is 8.06. The number of thioether (sulfide) groups is 1. The smallest absolute Gasteiger partial charge is 0.241 e. The van der Waals surface area contributed by atoms with E-state index in [1.54, 1.807) is 48.7 Å². The van der Waals surface area contributed by atoms with E-state index in [-0.39, 0.29) is 17.3 Å². The van der Waals surface area contributed by atoms with E-state index in [1.165, 1.54) is 23.9 Å². The van der Waals surface area contributed by atoms with Gasteiger partial charge in [-0.05, 0) is 67.8 Å². The van der Waals surface area contributed by atoms with Gasteiger partial charge in [-0.2, -0.15) is 0 Å². The topological polar surface area (TPSA) is 76.9 Å². The number of hydrogen-bond acceptors (Lipinski definition) is 5. The van der Waals surface area contributed by atoms with Gasteiger partial charge in [-0.15, -0.1) is 10.2 Å². The molecule has 0 aliphatic heterocycles. The number of sulfonamides is 1. The van der Waals surface area contributed by atoms with Crippen LogP contribution in [0.3, 0.4) is 0 Å². The first-order chi connectivity index (χ1) is 17.0. The summed E-state index contributed by atoms with van der Waals surface area (Å²) >= 11 is 13.9. The van der Waals surface area contributed by atoms with Crippen molar-refractivity contribution < 1.29 is 12.8 Å². The molecular weight excluding hydrogens is 542 g/mol. The second-order valence-corrected chi connectivity index (χ2v) is 11.8. The second kappa shape index (κ2) is 10.9. The molecule has 0 radical (unpaired) electrons. The fraction of sp³-hybridized carbons (Fsp3) is 0.200. The van der Waals surface area contributed by atoms with E-state index in [9.17, 15) is 12.8 Å². The van der Waals surface area contributed by atoms with Crippen LogP contribution in [0.2, 0.25) is 10.0 Å². The van der Waals surface area contributed by atoms with Crippen LogP contribution in [0.5, 0.6) is 0 Å². The maximum Gasteiger partial charge on any atom is 0.241 e. The van der Waals surface area contributed by atoms with Crippen LogP contribution in [-0.4, -0.2) is 23.2 Å². The van der Waals surface area contributed by atoms with E-state index in [0.717, 1.165) is 11.1 Å². The van der Waals surface area contributed by atoms with E-state index < -0.39 is 10.0 Å². The Balaban J connectivity index is 1.67. The molecule has 0 unspecified atom stereocenters. The van der Waals surface area contributed by atoms with E-state index in [2.05, 4.69) is 14.9 Å². The molecule has 4 rings (SSSR count). The van der Waals surface area contributed by atoms with Gasteiger partial charge in [0.25, 0.3) is 0 Å². The molecule has 1 aromatic heterocycles. The van der Waals surface area contributed by atoms with E-state index in [4.69, 9.17) is 23.2 Å². The van der Waals surface area contributed by atoms with E-state index in [1.807, 2.05) is 19.1 Å². The molecule has 3 aromatic carbocycles. The van der Waals surface area contributed by atoms with Gasteiger partial charge in [-0.25, -0.2) is 17.5 Å². The molecule has 0 saturated carbocycles. The second-order valence-electron chi connectivity index (χ2n) is 8.30. The zero-order valence-corrected chi connectivity index (χ0v) is 22.9. The number of halogens is 3. The van der Waals surface area contributed by atoms with Crippen molar-refractivity contribution in [2.45, 2.75) is 43.1 Å². The van der Waals surface area contributed by atoms with Crippen LogP contribution in [-0.2, 0) is 22.3 Å². The number of benzene rings is 3. The standard InChI is InChI=1S/C25H23Cl2FN4O2S2/c1-15-10-16(2)24(17(3)11-15)36(33,34)29-13-23-30-31-25(35-14-18-4-7-20(28)8-5-18)32(23)22-9-6-19(26)12-21(22)27/h4-12,29H,13-14H2,1-3H3. The molecule has 0 saturated heterocycles. The van der Waals surface area contributed by atoms with Crippen molar-refractivity contribution in [1.82, 2.24) is 19.5 Å². The number of nitrogens with one attached hydrogen (secondary N) is 1.